The van der Waals surface area contributed by atoms with Gasteiger partial charge >= 0.3 is 0 Å². The molecule has 2 saturated carbocycles. The van der Waals surface area contributed by atoms with Crippen LogP contribution in [0.1, 0.15) is 60.2 Å². The Morgan fingerprint density at radius 3 is 2.64 bits per heavy atom. The van der Waals surface area contributed by atoms with Crippen molar-refractivity contribution in [2.75, 3.05) is 0 Å². The number of carbonyl (C=O) groups excluding carboxylic acids is 1. The van der Waals surface area contributed by atoms with Gasteiger partial charge in [-0.15, -0.1) is 0 Å². The highest BCUT2D eigenvalue weighted by Crippen LogP contribution is 2.42. The van der Waals surface area contributed by atoms with E-state index in [1.54, 1.807) is 0 Å². The van der Waals surface area contributed by atoms with Gasteiger partial charge in [0, 0.05) is 11.6 Å². The van der Waals surface area contributed by atoms with Crippen LogP contribution >= 0.6 is 0 Å². The number of nitrogens with zero attached hydrogens (tertiary/aromatic N) is 2. The van der Waals surface area contributed by atoms with Gasteiger partial charge in [0.15, 0.2) is 6.29 Å². The summed E-state index contributed by atoms with van der Waals surface area (Å²) in [6, 6.07) is 2.58. The third kappa shape index (κ3) is 1.19. The van der Waals surface area contributed by atoms with Crippen LogP contribution in [0.3, 0.4) is 0 Å². The first-order valence-corrected chi connectivity index (χ1v) is 5.43. The zero-order valence-corrected chi connectivity index (χ0v) is 8.15. The van der Waals surface area contributed by atoms with E-state index in [1.807, 2.05) is 6.07 Å². The molecule has 3 rings (SSSR count). The van der Waals surface area contributed by atoms with Crippen LogP contribution in [0.2, 0.25) is 0 Å². The van der Waals surface area contributed by atoms with Crippen LogP contribution in [-0.2, 0) is 0 Å². The van der Waals surface area contributed by atoms with Crippen LogP contribution < -0.4 is 0 Å². The highest BCUT2D eigenvalue weighted by molar-refractivity contribution is 5.71. The fourth-order valence-corrected chi connectivity index (χ4v) is 2.11. The van der Waals surface area contributed by atoms with Crippen molar-refractivity contribution < 1.29 is 4.79 Å². The smallest absolute Gasteiger partial charge is 0.170 e. The topological polar surface area (TPSA) is 34.9 Å². The summed E-state index contributed by atoms with van der Waals surface area (Å²) in [5.74, 6) is 0.678. The van der Waals surface area contributed by atoms with Gasteiger partial charge in [-0.05, 0) is 31.7 Å². The predicted molar refractivity (Wildman–Crippen MR) is 52.5 cm³/mol. The van der Waals surface area contributed by atoms with Gasteiger partial charge in [0.1, 0.15) is 5.69 Å². The molecule has 0 atom stereocenters. The van der Waals surface area contributed by atoms with Crippen molar-refractivity contribution in [3.05, 3.63) is 17.5 Å². The average molecular weight is 190 g/mol. The van der Waals surface area contributed by atoms with Crippen LogP contribution in [0.4, 0.5) is 0 Å². The van der Waals surface area contributed by atoms with Gasteiger partial charge in [0.25, 0.3) is 0 Å². The summed E-state index contributed by atoms with van der Waals surface area (Å²) in [5, 5.41) is 4.34. The molecular weight excluding hydrogens is 176 g/mol. The molecule has 0 aromatic carbocycles. The summed E-state index contributed by atoms with van der Waals surface area (Å²) in [4.78, 5) is 10.7. The Morgan fingerprint density at radius 2 is 2.14 bits per heavy atom. The molecule has 0 radical (unpaired) electrons. The van der Waals surface area contributed by atoms with Crippen molar-refractivity contribution in [1.29, 1.82) is 0 Å². The van der Waals surface area contributed by atoms with Crippen molar-refractivity contribution in [3.8, 4) is 0 Å². The van der Waals surface area contributed by atoms with E-state index in [2.05, 4.69) is 9.78 Å². The van der Waals surface area contributed by atoms with Crippen LogP contribution in [0, 0.1) is 0 Å². The minimum atomic E-state index is 0.597. The number of rotatable bonds is 3. The lowest BCUT2D eigenvalue weighted by Crippen LogP contribution is -2.14. The monoisotopic (exact) mass is 190 g/mol. The molecule has 3 heteroatoms. The second-order valence-electron chi connectivity index (χ2n) is 4.42. The van der Waals surface area contributed by atoms with E-state index in [1.165, 1.54) is 37.8 Å². The first-order valence-electron chi connectivity index (χ1n) is 5.43. The van der Waals surface area contributed by atoms with Crippen molar-refractivity contribution >= 4 is 6.29 Å². The largest absolute Gasteiger partial charge is 0.296 e. The van der Waals surface area contributed by atoms with Gasteiger partial charge in [0.05, 0.1) is 6.04 Å². The van der Waals surface area contributed by atoms with Gasteiger partial charge in [-0.3, -0.25) is 9.48 Å². The van der Waals surface area contributed by atoms with Crippen LogP contribution in [0.5, 0.6) is 0 Å². The zero-order valence-electron chi connectivity index (χ0n) is 8.15. The molecule has 2 aliphatic rings. The summed E-state index contributed by atoms with van der Waals surface area (Å²) in [7, 11) is 0. The Bertz CT molecular complexity index is 361. The number of aromatic nitrogens is 2. The Morgan fingerprint density at radius 1 is 1.36 bits per heavy atom. The first kappa shape index (κ1) is 8.21. The fourth-order valence-electron chi connectivity index (χ4n) is 2.11. The summed E-state index contributed by atoms with van der Waals surface area (Å²) >= 11 is 0. The fraction of sp³-hybridized carbons (Fsp3) is 0.636. The minimum absolute atomic E-state index is 0.597. The van der Waals surface area contributed by atoms with E-state index >= 15 is 0 Å². The Labute approximate surface area is 83.1 Å². The quantitative estimate of drug-likeness (QED) is 0.685. The van der Waals surface area contributed by atoms with E-state index in [-0.39, 0.29) is 0 Å². The molecule has 0 bridgehead atoms. The molecule has 1 aromatic rings. The molecule has 0 spiro atoms. The van der Waals surface area contributed by atoms with E-state index in [0.717, 1.165) is 6.29 Å². The van der Waals surface area contributed by atoms with E-state index in [9.17, 15) is 4.79 Å². The maximum absolute atomic E-state index is 10.7. The Balaban J connectivity index is 1.97. The summed E-state index contributed by atoms with van der Waals surface area (Å²) in [6.07, 6.45) is 7.21. The summed E-state index contributed by atoms with van der Waals surface area (Å²) < 4.78 is 2.10. The third-order valence-corrected chi connectivity index (χ3v) is 3.32. The van der Waals surface area contributed by atoms with E-state index < -0.39 is 0 Å². The predicted octanol–water partition coefficient (Wildman–Crippen LogP) is 2.30. The molecular formula is C11H14N2O. The molecule has 1 heterocycles. The van der Waals surface area contributed by atoms with E-state index in [0.29, 0.717) is 17.7 Å². The maximum Gasteiger partial charge on any atom is 0.170 e. The van der Waals surface area contributed by atoms with Gasteiger partial charge in [-0.25, -0.2) is 0 Å². The van der Waals surface area contributed by atoms with Crippen LogP contribution in [0.15, 0.2) is 6.07 Å². The number of hydrogen-bond donors (Lipinski definition) is 0. The summed E-state index contributed by atoms with van der Waals surface area (Å²) in [5.41, 5.74) is 1.92. The highest BCUT2D eigenvalue weighted by Gasteiger charge is 2.31. The molecule has 2 fully saturated rings. The lowest BCUT2D eigenvalue weighted by Gasteiger charge is -2.26. The molecule has 2 aliphatic carbocycles. The number of aldehydes is 1. The zero-order chi connectivity index (χ0) is 9.54. The lowest BCUT2D eigenvalue weighted by atomic mass is 9.83. The molecule has 0 saturated heterocycles. The second-order valence-corrected chi connectivity index (χ2v) is 4.42. The SMILES string of the molecule is O=Cc1cc(C2CCC2)n(C2CC2)n1. The molecule has 74 valence electrons. The normalized spacial score (nSPS) is 22.0. The van der Waals surface area contributed by atoms with Crippen molar-refractivity contribution in [2.24, 2.45) is 0 Å². The van der Waals surface area contributed by atoms with Crippen LogP contribution in [-0.4, -0.2) is 16.1 Å². The Kier molecular flexibility index (Phi) is 1.72. The molecule has 1 aromatic heterocycles. The van der Waals surface area contributed by atoms with Gasteiger partial charge < -0.3 is 0 Å². The van der Waals surface area contributed by atoms with Crippen molar-refractivity contribution in [1.82, 2.24) is 9.78 Å². The molecule has 14 heavy (non-hydrogen) atoms. The third-order valence-electron chi connectivity index (χ3n) is 3.32. The Hall–Kier alpha value is -1.12. The lowest BCUT2D eigenvalue weighted by molar-refractivity contribution is 0.111. The van der Waals surface area contributed by atoms with Crippen LogP contribution in [0.25, 0.3) is 0 Å². The molecule has 0 N–H and O–H groups in total. The second kappa shape index (κ2) is 2.94. The average Bonchev–Trinajstić information content (AvgIpc) is 2.86. The van der Waals surface area contributed by atoms with E-state index in [4.69, 9.17) is 0 Å². The highest BCUT2D eigenvalue weighted by atomic mass is 16.1. The maximum atomic E-state index is 10.7. The number of hydrogen-bond acceptors (Lipinski definition) is 2. The minimum Gasteiger partial charge on any atom is -0.296 e. The number of carbonyl (C=O) groups is 1. The molecule has 3 nitrogen and oxygen atoms in total. The first-order chi connectivity index (χ1) is 6.88. The van der Waals surface area contributed by atoms with Gasteiger partial charge in [0.2, 0.25) is 0 Å². The molecule has 0 unspecified atom stereocenters. The molecule has 0 amide bonds. The van der Waals surface area contributed by atoms with Gasteiger partial charge in [-0.1, -0.05) is 6.42 Å². The van der Waals surface area contributed by atoms with Crippen molar-refractivity contribution in [3.63, 3.8) is 0 Å². The summed E-state index contributed by atoms with van der Waals surface area (Å²) in [6.45, 7) is 0. The molecule has 0 aliphatic heterocycles. The van der Waals surface area contributed by atoms with Gasteiger partial charge in [-0.2, -0.15) is 5.10 Å². The van der Waals surface area contributed by atoms with Crippen molar-refractivity contribution in [2.45, 2.75) is 44.1 Å². The standard InChI is InChI=1S/C11H14N2O/c14-7-9-6-11(8-2-1-3-8)13(12-9)10-4-5-10/h6-8,10H,1-5H2.